The molecule has 1 amide bonds. The van der Waals surface area contributed by atoms with Crippen molar-refractivity contribution in [3.05, 3.63) is 28.5 Å². The summed E-state index contributed by atoms with van der Waals surface area (Å²) in [4.78, 5) is 27.5. The summed E-state index contributed by atoms with van der Waals surface area (Å²) >= 11 is 3.20. The van der Waals surface area contributed by atoms with Crippen LogP contribution in [-0.2, 0) is 4.79 Å². The number of halogens is 1. The van der Waals surface area contributed by atoms with Gasteiger partial charge in [0.1, 0.15) is 11.7 Å². The summed E-state index contributed by atoms with van der Waals surface area (Å²) in [6.45, 7) is 1.44. The fourth-order valence-electron chi connectivity index (χ4n) is 1.02. The van der Waals surface area contributed by atoms with E-state index < -0.39 is 17.9 Å². The number of rotatable bonds is 3. The third-order valence-corrected chi connectivity index (χ3v) is 2.67. The van der Waals surface area contributed by atoms with Gasteiger partial charge in [-0.25, -0.2) is 9.78 Å². The molecule has 0 bridgehead atoms. The first kappa shape index (κ1) is 12.6. The van der Waals surface area contributed by atoms with Crippen LogP contribution < -0.4 is 0 Å². The van der Waals surface area contributed by atoms with Gasteiger partial charge in [0.05, 0.1) is 0 Å². The van der Waals surface area contributed by atoms with Crippen LogP contribution in [0, 0.1) is 0 Å². The maximum atomic E-state index is 11.8. The Balaban J connectivity index is 2.86. The molecule has 1 aromatic rings. The predicted molar refractivity (Wildman–Crippen MR) is 61.1 cm³/mol. The van der Waals surface area contributed by atoms with Crippen molar-refractivity contribution in [3.63, 3.8) is 0 Å². The highest BCUT2D eigenvalue weighted by molar-refractivity contribution is 9.10. The normalized spacial score (nSPS) is 11.9. The van der Waals surface area contributed by atoms with Crippen LogP contribution in [0.25, 0.3) is 0 Å². The van der Waals surface area contributed by atoms with Crippen LogP contribution in [0.15, 0.2) is 22.8 Å². The van der Waals surface area contributed by atoms with Crippen LogP contribution in [0.4, 0.5) is 0 Å². The highest BCUT2D eigenvalue weighted by Gasteiger charge is 2.23. The van der Waals surface area contributed by atoms with Gasteiger partial charge in [-0.1, -0.05) is 0 Å². The molecule has 0 aliphatic heterocycles. The van der Waals surface area contributed by atoms with E-state index in [1.54, 1.807) is 6.07 Å². The van der Waals surface area contributed by atoms with Crippen molar-refractivity contribution in [3.8, 4) is 0 Å². The van der Waals surface area contributed by atoms with Crippen molar-refractivity contribution in [2.24, 2.45) is 0 Å². The zero-order valence-electron chi connectivity index (χ0n) is 8.85. The molecular weight excluding hydrogens is 276 g/mol. The minimum Gasteiger partial charge on any atom is -0.480 e. The SMILES string of the molecule is CC(C(=O)O)N(C)C(=O)c1ccc(Br)cn1. The third kappa shape index (κ3) is 2.79. The predicted octanol–water partition coefficient (Wildman–Crippen LogP) is 1.39. The molecule has 0 fully saturated rings. The first-order valence-electron chi connectivity index (χ1n) is 4.55. The molecule has 16 heavy (non-hydrogen) atoms. The average Bonchev–Trinajstić information content (AvgIpc) is 2.27. The van der Waals surface area contributed by atoms with E-state index in [4.69, 9.17) is 5.11 Å². The van der Waals surface area contributed by atoms with Crippen LogP contribution in [0.1, 0.15) is 17.4 Å². The summed E-state index contributed by atoms with van der Waals surface area (Å²) in [6, 6.07) is 2.34. The van der Waals surface area contributed by atoms with Crippen molar-refractivity contribution >= 4 is 27.8 Å². The summed E-state index contributed by atoms with van der Waals surface area (Å²) < 4.78 is 0.762. The van der Waals surface area contributed by atoms with Crippen molar-refractivity contribution in [2.75, 3.05) is 7.05 Å². The second-order valence-corrected chi connectivity index (χ2v) is 4.21. The summed E-state index contributed by atoms with van der Waals surface area (Å²) in [5.74, 6) is -1.46. The number of carboxylic acid groups (broad SMARTS) is 1. The van der Waals surface area contributed by atoms with E-state index in [2.05, 4.69) is 20.9 Å². The molecule has 0 aromatic carbocycles. The molecule has 1 rings (SSSR count). The maximum Gasteiger partial charge on any atom is 0.326 e. The van der Waals surface area contributed by atoms with Crippen LogP contribution in [-0.4, -0.2) is 40.0 Å². The molecule has 0 aliphatic rings. The Morgan fingerprint density at radius 3 is 2.56 bits per heavy atom. The standard InChI is InChI=1S/C10H11BrN2O3/c1-6(10(15)16)13(2)9(14)8-4-3-7(11)5-12-8/h3-6H,1-2H3,(H,15,16). The number of aromatic nitrogens is 1. The number of pyridine rings is 1. The number of carboxylic acids is 1. The second kappa shape index (κ2) is 5.07. The molecule has 1 atom stereocenters. The summed E-state index contributed by atoms with van der Waals surface area (Å²) in [7, 11) is 1.44. The zero-order valence-corrected chi connectivity index (χ0v) is 10.4. The van der Waals surface area contributed by atoms with Gasteiger partial charge >= 0.3 is 5.97 Å². The van der Waals surface area contributed by atoms with Gasteiger partial charge in [0, 0.05) is 17.7 Å². The number of aliphatic carboxylic acids is 1. The molecule has 1 unspecified atom stereocenters. The molecule has 1 aromatic heterocycles. The number of nitrogens with zero attached hydrogens (tertiary/aromatic N) is 2. The molecule has 5 nitrogen and oxygen atoms in total. The van der Waals surface area contributed by atoms with E-state index in [9.17, 15) is 9.59 Å². The molecule has 0 saturated heterocycles. The maximum absolute atomic E-state index is 11.8. The van der Waals surface area contributed by atoms with Crippen molar-refractivity contribution in [1.29, 1.82) is 0 Å². The summed E-state index contributed by atoms with van der Waals surface area (Å²) in [5.41, 5.74) is 0.221. The topological polar surface area (TPSA) is 70.5 Å². The lowest BCUT2D eigenvalue weighted by Gasteiger charge is -2.20. The minimum absolute atomic E-state index is 0.221. The zero-order chi connectivity index (χ0) is 12.3. The second-order valence-electron chi connectivity index (χ2n) is 3.29. The van der Waals surface area contributed by atoms with Crippen molar-refractivity contribution in [2.45, 2.75) is 13.0 Å². The molecule has 0 saturated carbocycles. The van der Waals surface area contributed by atoms with Crippen LogP contribution >= 0.6 is 15.9 Å². The molecule has 0 spiro atoms. The summed E-state index contributed by atoms with van der Waals surface area (Å²) in [5, 5.41) is 8.77. The molecule has 0 aliphatic carbocycles. The van der Waals surface area contributed by atoms with Gasteiger partial charge in [-0.15, -0.1) is 0 Å². The van der Waals surface area contributed by atoms with Crippen LogP contribution in [0.2, 0.25) is 0 Å². The van der Waals surface area contributed by atoms with E-state index in [1.807, 2.05) is 0 Å². The highest BCUT2D eigenvalue weighted by Crippen LogP contribution is 2.10. The number of hydrogen-bond donors (Lipinski definition) is 1. The minimum atomic E-state index is -1.05. The van der Waals surface area contributed by atoms with Crippen molar-refractivity contribution in [1.82, 2.24) is 9.88 Å². The van der Waals surface area contributed by atoms with Gasteiger partial charge in [0.25, 0.3) is 5.91 Å². The third-order valence-electron chi connectivity index (χ3n) is 2.21. The Labute approximate surface area is 101 Å². The van der Waals surface area contributed by atoms with Gasteiger partial charge in [0.2, 0.25) is 0 Å². The number of hydrogen-bond acceptors (Lipinski definition) is 3. The summed E-state index contributed by atoms with van der Waals surface area (Å²) in [6.07, 6.45) is 1.49. The molecule has 0 radical (unpaired) electrons. The van der Waals surface area contributed by atoms with E-state index >= 15 is 0 Å². The van der Waals surface area contributed by atoms with E-state index in [0.29, 0.717) is 0 Å². The molecular formula is C10H11BrN2O3. The van der Waals surface area contributed by atoms with Gasteiger partial charge in [-0.2, -0.15) is 0 Å². The Morgan fingerprint density at radius 1 is 1.50 bits per heavy atom. The Kier molecular flexibility index (Phi) is 4.00. The number of carbonyl (C=O) groups excluding carboxylic acids is 1. The fourth-order valence-corrected chi connectivity index (χ4v) is 1.26. The fraction of sp³-hybridized carbons (Fsp3) is 0.300. The molecule has 1 heterocycles. The number of likely N-dealkylation sites (N-methyl/N-ethyl adjacent to an activating group) is 1. The quantitative estimate of drug-likeness (QED) is 0.912. The number of carbonyl (C=O) groups is 2. The number of amides is 1. The van der Waals surface area contributed by atoms with E-state index in [1.165, 1.54) is 26.2 Å². The first-order chi connectivity index (χ1) is 7.43. The Bertz CT molecular complexity index is 405. The Hall–Kier alpha value is -1.43. The van der Waals surface area contributed by atoms with Gasteiger partial charge in [-0.05, 0) is 35.0 Å². The van der Waals surface area contributed by atoms with E-state index in [0.717, 1.165) is 9.37 Å². The lowest BCUT2D eigenvalue weighted by molar-refractivity contribution is -0.141. The molecule has 1 N–H and O–H groups in total. The van der Waals surface area contributed by atoms with E-state index in [-0.39, 0.29) is 5.69 Å². The largest absolute Gasteiger partial charge is 0.480 e. The van der Waals surface area contributed by atoms with Gasteiger partial charge < -0.3 is 10.0 Å². The molecule has 86 valence electrons. The van der Waals surface area contributed by atoms with Crippen LogP contribution in [0.5, 0.6) is 0 Å². The van der Waals surface area contributed by atoms with Crippen LogP contribution in [0.3, 0.4) is 0 Å². The van der Waals surface area contributed by atoms with Gasteiger partial charge in [0.15, 0.2) is 0 Å². The monoisotopic (exact) mass is 286 g/mol. The lowest BCUT2D eigenvalue weighted by atomic mass is 10.2. The first-order valence-corrected chi connectivity index (χ1v) is 5.34. The van der Waals surface area contributed by atoms with Gasteiger partial charge in [-0.3, -0.25) is 4.79 Å². The average molecular weight is 287 g/mol. The smallest absolute Gasteiger partial charge is 0.326 e. The van der Waals surface area contributed by atoms with Crippen molar-refractivity contribution < 1.29 is 14.7 Å². The molecule has 6 heteroatoms. The lowest BCUT2D eigenvalue weighted by Crippen LogP contribution is -2.40. The highest BCUT2D eigenvalue weighted by atomic mass is 79.9. The Morgan fingerprint density at radius 2 is 2.12 bits per heavy atom.